The molecule has 172 valence electrons. The number of aromatic nitrogens is 4. The van der Waals surface area contributed by atoms with Crippen molar-refractivity contribution in [2.24, 2.45) is 0 Å². The largest absolute Gasteiger partial charge is 0.434 e. The van der Waals surface area contributed by atoms with Crippen LogP contribution in [0.3, 0.4) is 0 Å². The molecule has 12 heteroatoms. The van der Waals surface area contributed by atoms with E-state index in [1.165, 1.54) is 18.3 Å². The van der Waals surface area contributed by atoms with Crippen LogP contribution < -0.4 is 21.7 Å². The van der Waals surface area contributed by atoms with Crippen LogP contribution in [0.4, 0.5) is 36.2 Å². The van der Waals surface area contributed by atoms with Gasteiger partial charge in [0.25, 0.3) is 5.91 Å². The lowest BCUT2D eigenvalue weighted by Gasteiger charge is -2.30. The van der Waals surface area contributed by atoms with Gasteiger partial charge in [-0.25, -0.2) is 15.0 Å². The maximum Gasteiger partial charge on any atom is 0.434 e. The molecule has 9 nitrogen and oxygen atoms in total. The molecule has 1 amide bonds. The zero-order valence-corrected chi connectivity index (χ0v) is 17.4. The van der Waals surface area contributed by atoms with Crippen LogP contribution in [0, 0.1) is 0 Å². The number of alkyl halides is 3. The second-order valence-corrected chi connectivity index (χ2v) is 7.52. The molecule has 4 heterocycles. The van der Waals surface area contributed by atoms with Crippen molar-refractivity contribution >= 4 is 28.9 Å². The molecule has 0 aliphatic carbocycles. The molecule has 0 radical (unpaired) electrons. The number of nitrogens with zero attached hydrogens (tertiary/aromatic N) is 5. The summed E-state index contributed by atoms with van der Waals surface area (Å²) in [6, 6.07) is 4.37. The van der Waals surface area contributed by atoms with Gasteiger partial charge < -0.3 is 21.7 Å². The van der Waals surface area contributed by atoms with Crippen molar-refractivity contribution < 1.29 is 18.0 Å². The Morgan fingerprint density at radius 2 is 1.79 bits per heavy atom. The number of halogens is 3. The first-order valence-electron chi connectivity index (χ1n) is 10.2. The standard InChI is InChI=1S/C21H21F3N8O/c22-21(23,24)18-12(10-28-20(26)31-18)14-5-4-13(25)17(29-14)19(33)30-15-11-27-7-6-16(15)32-8-2-1-3-9-32/h4-7,10-11H,1-3,8-9,25H2,(H,30,33)(H2,26,28,31). The van der Waals surface area contributed by atoms with E-state index in [1.54, 1.807) is 12.3 Å². The maximum absolute atomic E-state index is 13.5. The second-order valence-electron chi connectivity index (χ2n) is 7.52. The van der Waals surface area contributed by atoms with Crippen LogP contribution in [0.15, 0.2) is 36.8 Å². The molecule has 0 saturated carbocycles. The normalized spacial score (nSPS) is 14.2. The smallest absolute Gasteiger partial charge is 0.397 e. The van der Waals surface area contributed by atoms with Crippen LogP contribution in [0.25, 0.3) is 11.3 Å². The minimum absolute atomic E-state index is 0.00425. The van der Waals surface area contributed by atoms with Gasteiger partial charge >= 0.3 is 6.18 Å². The summed E-state index contributed by atoms with van der Waals surface area (Å²) >= 11 is 0. The van der Waals surface area contributed by atoms with E-state index in [0.29, 0.717) is 5.69 Å². The highest BCUT2D eigenvalue weighted by atomic mass is 19.4. The van der Waals surface area contributed by atoms with Gasteiger partial charge in [0.05, 0.1) is 29.0 Å². The number of hydrogen-bond acceptors (Lipinski definition) is 8. The Hall–Kier alpha value is -3.96. The van der Waals surface area contributed by atoms with Crippen molar-refractivity contribution in [2.45, 2.75) is 25.4 Å². The van der Waals surface area contributed by atoms with E-state index in [4.69, 9.17) is 11.5 Å². The number of nitrogens with two attached hydrogens (primary N) is 2. The molecule has 1 saturated heterocycles. The van der Waals surface area contributed by atoms with Crippen LogP contribution in [0.5, 0.6) is 0 Å². The Morgan fingerprint density at radius 3 is 2.52 bits per heavy atom. The molecule has 5 N–H and O–H groups in total. The van der Waals surface area contributed by atoms with Crippen LogP contribution in [0.1, 0.15) is 35.4 Å². The lowest BCUT2D eigenvalue weighted by molar-refractivity contribution is -0.140. The molecular formula is C21H21F3N8O. The molecule has 33 heavy (non-hydrogen) atoms. The predicted octanol–water partition coefficient (Wildman–Crippen LogP) is 3.36. The van der Waals surface area contributed by atoms with Gasteiger partial charge in [0, 0.05) is 31.0 Å². The number of piperidine rings is 1. The van der Waals surface area contributed by atoms with E-state index in [9.17, 15) is 18.0 Å². The zero-order chi connectivity index (χ0) is 23.6. The van der Waals surface area contributed by atoms with Gasteiger partial charge in [-0.1, -0.05) is 0 Å². The van der Waals surface area contributed by atoms with Gasteiger partial charge in [-0.2, -0.15) is 13.2 Å². The molecule has 1 aliphatic heterocycles. The van der Waals surface area contributed by atoms with Gasteiger partial charge in [0.2, 0.25) is 5.95 Å². The van der Waals surface area contributed by atoms with Crippen molar-refractivity contribution in [3.05, 3.63) is 48.2 Å². The summed E-state index contributed by atoms with van der Waals surface area (Å²) in [5.74, 6) is -1.20. The van der Waals surface area contributed by atoms with E-state index < -0.39 is 29.3 Å². The SMILES string of the molecule is Nc1ncc(-c2ccc(N)c(C(=O)Nc3cnccc3N3CCCCC3)n2)c(C(F)(F)F)n1. The number of nitrogen functional groups attached to an aromatic ring is 2. The molecule has 1 fully saturated rings. The molecule has 0 bridgehead atoms. The van der Waals surface area contributed by atoms with Crippen molar-refractivity contribution in [1.29, 1.82) is 0 Å². The van der Waals surface area contributed by atoms with Crippen molar-refractivity contribution in [3.63, 3.8) is 0 Å². The minimum atomic E-state index is -4.79. The lowest BCUT2D eigenvalue weighted by atomic mass is 10.1. The first-order chi connectivity index (χ1) is 15.7. The predicted molar refractivity (Wildman–Crippen MR) is 117 cm³/mol. The minimum Gasteiger partial charge on any atom is -0.397 e. The van der Waals surface area contributed by atoms with E-state index in [0.717, 1.165) is 44.2 Å². The van der Waals surface area contributed by atoms with Crippen molar-refractivity contribution in [3.8, 4) is 11.3 Å². The van der Waals surface area contributed by atoms with E-state index in [1.807, 2.05) is 0 Å². The monoisotopic (exact) mass is 458 g/mol. The molecule has 1 aliphatic rings. The number of rotatable bonds is 4. The fourth-order valence-electron chi connectivity index (χ4n) is 3.68. The Balaban J connectivity index is 1.67. The number of nitrogens with one attached hydrogen (secondary N) is 1. The molecule has 0 unspecified atom stereocenters. The first-order valence-corrected chi connectivity index (χ1v) is 10.2. The third-order valence-corrected chi connectivity index (χ3v) is 5.24. The molecule has 3 aromatic rings. The van der Waals surface area contributed by atoms with Crippen LogP contribution in [0.2, 0.25) is 0 Å². The number of hydrogen-bond donors (Lipinski definition) is 3. The van der Waals surface area contributed by atoms with Gasteiger partial charge in [0.15, 0.2) is 11.4 Å². The fourth-order valence-corrected chi connectivity index (χ4v) is 3.68. The Morgan fingerprint density at radius 1 is 1.03 bits per heavy atom. The fraction of sp³-hybridized carbons (Fsp3) is 0.286. The second kappa shape index (κ2) is 8.88. The Bertz CT molecular complexity index is 1180. The van der Waals surface area contributed by atoms with Gasteiger partial charge in [-0.05, 0) is 37.5 Å². The summed E-state index contributed by atoms with van der Waals surface area (Å²) in [4.78, 5) is 30.3. The highest BCUT2D eigenvalue weighted by Crippen LogP contribution is 2.35. The van der Waals surface area contributed by atoms with E-state index in [-0.39, 0.29) is 17.1 Å². The summed E-state index contributed by atoms with van der Waals surface area (Å²) in [7, 11) is 0. The highest BCUT2D eigenvalue weighted by molar-refractivity contribution is 6.07. The lowest BCUT2D eigenvalue weighted by Crippen LogP contribution is -2.30. The number of pyridine rings is 2. The van der Waals surface area contributed by atoms with Crippen LogP contribution >= 0.6 is 0 Å². The van der Waals surface area contributed by atoms with E-state index >= 15 is 0 Å². The van der Waals surface area contributed by atoms with E-state index in [2.05, 4.69) is 30.2 Å². The van der Waals surface area contributed by atoms with Crippen molar-refractivity contribution in [2.75, 3.05) is 34.8 Å². The number of anilines is 4. The summed E-state index contributed by atoms with van der Waals surface area (Å²) in [5.41, 5.74) is 10.5. The van der Waals surface area contributed by atoms with Crippen molar-refractivity contribution in [1.82, 2.24) is 19.9 Å². The summed E-state index contributed by atoms with van der Waals surface area (Å²) in [5, 5.41) is 2.74. The summed E-state index contributed by atoms with van der Waals surface area (Å²) in [6.07, 6.45) is 2.49. The number of carbonyl (C=O) groups is 1. The Labute approximate surface area is 187 Å². The average Bonchev–Trinajstić information content (AvgIpc) is 2.80. The molecule has 0 atom stereocenters. The van der Waals surface area contributed by atoms with Crippen LogP contribution in [-0.2, 0) is 6.18 Å². The number of carbonyl (C=O) groups excluding carboxylic acids is 1. The van der Waals surface area contributed by atoms with Gasteiger partial charge in [-0.3, -0.25) is 9.78 Å². The molecule has 0 aromatic carbocycles. The summed E-state index contributed by atoms with van der Waals surface area (Å²) < 4.78 is 40.4. The third kappa shape index (κ3) is 4.78. The topological polar surface area (TPSA) is 136 Å². The quantitative estimate of drug-likeness (QED) is 0.542. The third-order valence-electron chi connectivity index (χ3n) is 5.24. The molecular weight excluding hydrogens is 437 g/mol. The van der Waals surface area contributed by atoms with Gasteiger partial charge in [0.1, 0.15) is 0 Å². The Kier molecular flexibility index (Phi) is 5.99. The highest BCUT2D eigenvalue weighted by Gasteiger charge is 2.37. The average molecular weight is 458 g/mol. The number of amides is 1. The molecule has 0 spiro atoms. The molecule has 3 aromatic heterocycles. The zero-order valence-electron chi connectivity index (χ0n) is 17.4. The summed E-state index contributed by atoms with van der Waals surface area (Å²) in [6.45, 7) is 1.69. The maximum atomic E-state index is 13.5. The van der Waals surface area contributed by atoms with Gasteiger partial charge in [-0.15, -0.1) is 0 Å². The first kappa shape index (κ1) is 22.2. The molecule has 4 rings (SSSR count). The van der Waals surface area contributed by atoms with Crippen LogP contribution in [-0.4, -0.2) is 38.9 Å².